The highest BCUT2D eigenvalue weighted by Gasteiger charge is 2.09. The molecule has 0 spiro atoms. The fraction of sp³-hybridized carbons (Fsp3) is 0.400. The van der Waals surface area contributed by atoms with Gasteiger partial charge in [0, 0.05) is 13.0 Å². The zero-order valence-corrected chi connectivity index (χ0v) is 12.2. The molecule has 19 heavy (non-hydrogen) atoms. The highest BCUT2D eigenvalue weighted by atomic mass is 35.5. The number of hydrogen-bond acceptors (Lipinski definition) is 1. The van der Waals surface area contributed by atoms with Gasteiger partial charge in [0.15, 0.2) is 0 Å². The van der Waals surface area contributed by atoms with Gasteiger partial charge in [-0.3, -0.25) is 4.79 Å². The lowest BCUT2D eigenvalue weighted by molar-refractivity contribution is -0.120. The Labute approximate surface area is 123 Å². The van der Waals surface area contributed by atoms with Crippen LogP contribution in [0.2, 0.25) is 10.0 Å². The fourth-order valence-corrected chi connectivity index (χ4v) is 2.50. The van der Waals surface area contributed by atoms with E-state index in [9.17, 15) is 4.79 Å². The summed E-state index contributed by atoms with van der Waals surface area (Å²) in [5.74, 6) is 0.0687. The molecule has 0 saturated carbocycles. The van der Waals surface area contributed by atoms with Crippen molar-refractivity contribution in [1.82, 2.24) is 5.32 Å². The predicted molar refractivity (Wildman–Crippen MR) is 79.5 cm³/mol. The van der Waals surface area contributed by atoms with Crippen molar-refractivity contribution < 1.29 is 4.79 Å². The van der Waals surface area contributed by atoms with Crippen LogP contribution >= 0.6 is 23.2 Å². The first-order valence-electron chi connectivity index (χ1n) is 6.53. The summed E-state index contributed by atoms with van der Waals surface area (Å²) in [7, 11) is 0. The number of carbonyl (C=O) groups excluding carboxylic acids is 1. The Kier molecular flexibility index (Phi) is 5.29. The lowest BCUT2D eigenvalue weighted by atomic mass is 9.97. The third-order valence-electron chi connectivity index (χ3n) is 3.25. The zero-order chi connectivity index (χ0) is 13.7. The smallest absolute Gasteiger partial charge is 0.224 e. The van der Waals surface area contributed by atoms with Crippen LogP contribution in [0.15, 0.2) is 29.8 Å². The van der Waals surface area contributed by atoms with Crippen molar-refractivity contribution in [3.05, 3.63) is 45.5 Å². The molecule has 0 heterocycles. The Morgan fingerprint density at radius 2 is 2.05 bits per heavy atom. The number of benzene rings is 1. The van der Waals surface area contributed by atoms with E-state index >= 15 is 0 Å². The summed E-state index contributed by atoms with van der Waals surface area (Å²) in [4.78, 5) is 11.8. The lowest BCUT2D eigenvalue weighted by Gasteiger charge is -2.12. The molecule has 1 amide bonds. The van der Waals surface area contributed by atoms with Gasteiger partial charge in [0.2, 0.25) is 5.91 Å². The van der Waals surface area contributed by atoms with E-state index in [1.807, 2.05) is 6.07 Å². The number of halogens is 2. The second-order valence-corrected chi connectivity index (χ2v) is 5.62. The van der Waals surface area contributed by atoms with Crippen molar-refractivity contribution in [3.63, 3.8) is 0 Å². The predicted octanol–water partition coefficient (Wildman–Crippen LogP) is 4.50. The van der Waals surface area contributed by atoms with Crippen molar-refractivity contribution in [2.24, 2.45) is 0 Å². The first kappa shape index (κ1) is 14.4. The Balaban J connectivity index is 1.82. The Morgan fingerprint density at radius 1 is 1.21 bits per heavy atom. The largest absolute Gasteiger partial charge is 0.352 e. The van der Waals surface area contributed by atoms with E-state index in [0.29, 0.717) is 23.0 Å². The summed E-state index contributed by atoms with van der Waals surface area (Å²) in [6.45, 7) is 0.489. The minimum Gasteiger partial charge on any atom is -0.352 e. The van der Waals surface area contributed by atoms with E-state index in [2.05, 4.69) is 11.4 Å². The third-order valence-corrected chi connectivity index (χ3v) is 3.99. The summed E-state index contributed by atoms with van der Waals surface area (Å²) in [6, 6.07) is 5.40. The van der Waals surface area contributed by atoms with Gasteiger partial charge in [-0.05, 0) is 43.4 Å². The average molecular weight is 298 g/mol. The molecule has 0 aliphatic heterocycles. The van der Waals surface area contributed by atoms with Crippen LogP contribution in [0.3, 0.4) is 0 Å². The van der Waals surface area contributed by atoms with Gasteiger partial charge in [0.05, 0.1) is 10.0 Å². The number of rotatable bonds is 4. The van der Waals surface area contributed by atoms with Crippen LogP contribution in [0.4, 0.5) is 0 Å². The first-order valence-corrected chi connectivity index (χ1v) is 7.29. The minimum atomic E-state index is 0.0687. The zero-order valence-electron chi connectivity index (χ0n) is 10.7. The molecule has 102 valence electrons. The highest BCUT2D eigenvalue weighted by Crippen LogP contribution is 2.23. The standard InChI is InChI=1S/C15H17Cl2NO/c16-13-7-6-12(8-14(13)17)10-18-15(19)9-11-4-2-1-3-5-11/h4,6-8H,1-3,5,9-10H2,(H,18,19). The molecule has 0 aromatic heterocycles. The minimum absolute atomic E-state index is 0.0687. The lowest BCUT2D eigenvalue weighted by Crippen LogP contribution is -2.23. The maximum Gasteiger partial charge on any atom is 0.224 e. The molecule has 1 aliphatic carbocycles. The molecule has 0 unspecified atom stereocenters. The topological polar surface area (TPSA) is 29.1 Å². The van der Waals surface area contributed by atoms with Crippen molar-refractivity contribution in [1.29, 1.82) is 0 Å². The molecule has 1 aliphatic rings. The summed E-state index contributed by atoms with van der Waals surface area (Å²) in [6.07, 6.45) is 7.32. The number of amides is 1. The number of nitrogens with one attached hydrogen (secondary N) is 1. The molecule has 1 N–H and O–H groups in total. The summed E-state index contributed by atoms with van der Waals surface area (Å²) in [5, 5.41) is 3.96. The molecule has 2 rings (SSSR count). The maximum atomic E-state index is 11.8. The van der Waals surface area contributed by atoms with Gasteiger partial charge in [-0.2, -0.15) is 0 Å². The Bertz CT molecular complexity index is 497. The van der Waals surface area contributed by atoms with Crippen LogP contribution in [0.5, 0.6) is 0 Å². The average Bonchev–Trinajstić information content (AvgIpc) is 2.41. The van der Waals surface area contributed by atoms with Crippen molar-refractivity contribution >= 4 is 29.1 Å². The van der Waals surface area contributed by atoms with Gasteiger partial charge in [-0.1, -0.05) is 40.9 Å². The van der Waals surface area contributed by atoms with Gasteiger partial charge in [-0.15, -0.1) is 0 Å². The van der Waals surface area contributed by atoms with Gasteiger partial charge in [-0.25, -0.2) is 0 Å². The van der Waals surface area contributed by atoms with E-state index in [4.69, 9.17) is 23.2 Å². The van der Waals surface area contributed by atoms with Gasteiger partial charge in [0.1, 0.15) is 0 Å². The molecule has 1 aromatic carbocycles. The molecular formula is C15H17Cl2NO. The van der Waals surface area contributed by atoms with E-state index in [0.717, 1.165) is 18.4 Å². The van der Waals surface area contributed by atoms with Crippen LogP contribution in [-0.2, 0) is 11.3 Å². The molecule has 0 radical (unpaired) electrons. The maximum absolute atomic E-state index is 11.8. The third kappa shape index (κ3) is 4.55. The van der Waals surface area contributed by atoms with Crippen LogP contribution in [0.25, 0.3) is 0 Å². The molecule has 0 atom stereocenters. The van der Waals surface area contributed by atoms with Gasteiger partial charge < -0.3 is 5.32 Å². The molecule has 0 bridgehead atoms. The van der Waals surface area contributed by atoms with Crippen molar-refractivity contribution in [2.45, 2.75) is 38.6 Å². The monoisotopic (exact) mass is 297 g/mol. The second kappa shape index (κ2) is 6.97. The van der Waals surface area contributed by atoms with E-state index in [1.165, 1.54) is 18.4 Å². The SMILES string of the molecule is O=C(CC1=CCCCC1)NCc1ccc(Cl)c(Cl)c1. The molecule has 0 fully saturated rings. The van der Waals surface area contributed by atoms with E-state index in [1.54, 1.807) is 12.1 Å². The number of hydrogen-bond donors (Lipinski definition) is 1. The fourth-order valence-electron chi connectivity index (χ4n) is 2.18. The normalized spacial score (nSPS) is 14.9. The molecule has 4 heteroatoms. The summed E-state index contributed by atoms with van der Waals surface area (Å²) in [5.41, 5.74) is 2.22. The number of allylic oxidation sites excluding steroid dienone is 1. The van der Waals surface area contributed by atoms with Gasteiger partial charge in [0.25, 0.3) is 0 Å². The van der Waals surface area contributed by atoms with Crippen LogP contribution in [0, 0.1) is 0 Å². The summed E-state index contributed by atoms with van der Waals surface area (Å²) >= 11 is 11.8. The molecule has 0 saturated heterocycles. The summed E-state index contributed by atoms with van der Waals surface area (Å²) < 4.78 is 0. The Hall–Kier alpha value is -0.990. The number of carbonyl (C=O) groups is 1. The van der Waals surface area contributed by atoms with Crippen molar-refractivity contribution in [3.8, 4) is 0 Å². The molecular weight excluding hydrogens is 281 g/mol. The van der Waals surface area contributed by atoms with Crippen molar-refractivity contribution in [2.75, 3.05) is 0 Å². The van der Waals surface area contributed by atoms with E-state index < -0.39 is 0 Å². The van der Waals surface area contributed by atoms with Crippen LogP contribution in [0.1, 0.15) is 37.7 Å². The molecule has 2 nitrogen and oxygen atoms in total. The second-order valence-electron chi connectivity index (χ2n) is 4.81. The van der Waals surface area contributed by atoms with Crippen LogP contribution < -0.4 is 5.32 Å². The van der Waals surface area contributed by atoms with Crippen LogP contribution in [-0.4, -0.2) is 5.91 Å². The Morgan fingerprint density at radius 3 is 2.74 bits per heavy atom. The first-order chi connectivity index (χ1) is 9.15. The quantitative estimate of drug-likeness (QED) is 0.815. The van der Waals surface area contributed by atoms with E-state index in [-0.39, 0.29) is 5.91 Å². The highest BCUT2D eigenvalue weighted by molar-refractivity contribution is 6.42. The molecule has 1 aromatic rings. The van der Waals surface area contributed by atoms with Gasteiger partial charge >= 0.3 is 0 Å².